The van der Waals surface area contributed by atoms with Crippen molar-refractivity contribution in [3.8, 4) is 16.9 Å². The van der Waals surface area contributed by atoms with Gasteiger partial charge in [-0.2, -0.15) is 5.10 Å². The first kappa shape index (κ1) is 23.9. The number of nitrogens with zero attached hydrogens (tertiary/aromatic N) is 2. The van der Waals surface area contributed by atoms with Crippen LogP contribution < -0.4 is 10.3 Å². The number of pyridine rings is 1. The van der Waals surface area contributed by atoms with Gasteiger partial charge in [-0.15, -0.1) is 0 Å². The van der Waals surface area contributed by atoms with Crippen LogP contribution >= 0.6 is 15.9 Å². The lowest BCUT2D eigenvalue weighted by Gasteiger charge is -2.20. The van der Waals surface area contributed by atoms with Crippen LogP contribution in [-0.4, -0.2) is 28.7 Å². The highest BCUT2D eigenvalue weighted by atomic mass is 79.9. The summed E-state index contributed by atoms with van der Waals surface area (Å²) in [6.45, 7) is 0. The Kier molecular flexibility index (Phi) is 6.17. The molecule has 0 fully saturated rings. The summed E-state index contributed by atoms with van der Waals surface area (Å²) in [5.74, 6) is 0.938. The summed E-state index contributed by atoms with van der Waals surface area (Å²) in [4.78, 5) is 30.3. The van der Waals surface area contributed by atoms with Crippen molar-refractivity contribution in [3.05, 3.63) is 123 Å². The van der Waals surface area contributed by atoms with E-state index >= 15 is 0 Å². The molecule has 0 bridgehead atoms. The number of halogens is 1. The van der Waals surface area contributed by atoms with Gasteiger partial charge < -0.3 is 14.1 Å². The second-order valence-electron chi connectivity index (χ2n) is 8.92. The highest BCUT2D eigenvalue weighted by molar-refractivity contribution is 9.10. The number of rotatable bonds is 5. The summed E-state index contributed by atoms with van der Waals surface area (Å²) in [5, 5.41) is 7.05. The molecule has 1 aliphatic rings. The van der Waals surface area contributed by atoms with Gasteiger partial charge in [0.2, 0.25) is 0 Å². The molecule has 0 spiro atoms. The number of nitrogens with one attached hydrogen (secondary N) is 1. The van der Waals surface area contributed by atoms with Crippen LogP contribution in [0.1, 0.15) is 34.1 Å². The molecule has 38 heavy (non-hydrogen) atoms. The number of carbonyl (C=O) groups is 1. The lowest BCUT2D eigenvalue weighted by Crippen LogP contribution is -2.26. The topological polar surface area (TPSA) is 87.9 Å². The van der Waals surface area contributed by atoms with Crippen LogP contribution in [0.15, 0.2) is 110 Å². The maximum Gasteiger partial charge on any atom is 0.274 e. The summed E-state index contributed by atoms with van der Waals surface area (Å²) in [5.41, 5.74) is 3.49. The minimum atomic E-state index is -0.504. The van der Waals surface area contributed by atoms with Gasteiger partial charge in [0.15, 0.2) is 0 Å². The Morgan fingerprint density at radius 3 is 2.53 bits per heavy atom. The summed E-state index contributed by atoms with van der Waals surface area (Å²) < 4.78 is 11.8. The van der Waals surface area contributed by atoms with Gasteiger partial charge in [0.05, 0.1) is 24.6 Å². The monoisotopic (exact) mass is 567 g/mol. The summed E-state index contributed by atoms with van der Waals surface area (Å²) in [7, 11) is 1.57. The molecule has 0 saturated carbocycles. The average Bonchev–Trinajstić information content (AvgIpc) is 3.63. The maximum atomic E-state index is 13.7. The molecule has 1 amide bonds. The molecule has 3 heterocycles. The van der Waals surface area contributed by atoms with Crippen LogP contribution in [0.3, 0.4) is 0 Å². The first-order valence-corrected chi connectivity index (χ1v) is 12.8. The molecule has 0 saturated heterocycles. The third kappa shape index (κ3) is 4.22. The van der Waals surface area contributed by atoms with Gasteiger partial charge in [0.25, 0.3) is 11.5 Å². The predicted octanol–water partition coefficient (Wildman–Crippen LogP) is 6.55. The Morgan fingerprint density at radius 2 is 1.82 bits per heavy atom. The van der Waals surface area contributed by atoms with E-state index in [0.717, 1.165) is 21.0 Å². The molecule has 5 aromatic rings. The number of hydrazone groups is 1. The lowest BCUT2D eigenvalue weighted by atomic mass is 9.92. The van der Waals surface area contributed by atoms with E-state index in [0.29, 0.717) is 40.3 Å². The number of H-pyrrole nitrogens is 1. The molecule has 1 aliphatic heterocycles. The number of amides is 1. The van der Waals surface area contributed by atoms with E-state index in [-0.39, 0.29) is 11.5 Å². The molecule has 6 rings (SSSR count). The molecule has 8 heteroatoms. The van der Waals surface area contributed by atoms with Crippen LogP contribution in [0.5, 0.6) is 5.75 Å². The van der Waals surface area contributed by atoms with E-state index in [4.69, 9.17) is 14.3 Å². The van der Waals surface area contributed by atoms with Crippen molar-refractivity contribution >= 4 is 38.5 Å². The van der Waals surface area contributed by atoms with Crippen LogP contribution in [-0.2, 0) is 0 Å². The molecule has 1 atom stereocenters. The Balaban J connectivity index is 1.54. The number of furan rings is 1. The summed E-state index contributed by atoms with van der Waals surface area (Å²) >= 11 is 3.57. The van der Waals surface area contributed by atoms with Gasteiger partial charge in [0, 0.05) is 32.9 Å². The molecule has 0 aliphatic carbocycles. The van der Waals surface area contributed by atoms with E-state index in [9.17, 15) is 9.59 Å². The average molecular weight is 568 g/mol. The standard InChI is InChI=1S/C30H22BrN3O4/c1-37-21-12-9-19(10-13-21)30(36)34-25(26-8-5-15-38-26)17-24(33-34)28-27(18-6-3-2-4-7-18)22-16-20(31)11-14-23(22)32-29(28)35/h2-16,25H,17H2,1H3,(H,32,35)/t25-/m1/s1. The van der Waals surface area contributed by atoms with E-state index in [1.807, 2.05) is 54.6 Å². The molecular weight excluding hydrogens is 546 g/mol. The van der Waals surface area contributed by atoms with Gasteiger partial charge in [-0.3, -0.25) is 9.59 Å². The fraction of sp³-hybridized carbons (Fsp3) is 0.100. The van der Waals surface area contributed by atoms with Gasteiger partial charge in [-0.25, -0.2) is 5.01 Å². The molecule has 0 unspecified atom stereocenters. The first-order valence-electron chi connectivity index (χ1n) is 12.0. The zero-order chi connectivity index (χ0) is 26.2. The lowest BCUT2D eigenvalue weighted by molar-refractivity contribution is 0.0693. The SMILES string of the molecule is COc1ccc(C(=O)N2N=C(c3c(-c4ccccc4)c4cc(Br)ccc4[nH]c3=O)C[C@@H]2c2ccco2)cc1. The van der Waals surface area contributed by atoms with Crippen molar-refractivity contribution in [2.75, 3.05) is 7.11 Å². The number of hydrogen-bond donors (Lipinski definition) is 1. The number of benzene rings is 3. The fourth-order valence-electron chi connectivity index (χ4n) is 4.86. The summed E-state index contributed by atoms with van der Waals surface area (Å²) in [6, 6.07) is 25.4. The molecule has 1 N–H and O–H groups in total. The van der Waals surface area contributed by atoms with E-state index in [2.05, 4.69) is 20.9 Å². The van der Waals surface area contributed by atoms with Gasteiger partial charge in [0.1, 0.15) is 17.6 Å². The van der Waals surface area contributed by atoms with Gasteiger partial charge in [-0.1, -0.05) is 46.3 Å². The third-order valence-corrected chi connectivity index (χ3v) is 7.15. The number of carbonyl (C=O) groups excluding carboxylic acids is 1. The number of aromatic nitrogens is 1. The third-order valence-electron chi connectivity index (χ3n) is 6.65. The van der Waals surface area contributed by atoms with Crippen molar-refractivity contribution in [2.45, 2.75) is 12.5 Å². The number of fused-ring (bicyclic) bond motifs is 1. The van der Waals surface area contributed by atoms with Gasteiger partial charge in [-0.05, 0) is 60.2 Å². The number of methoxy groups -OCH3 is 1. The van der Waals surface area contributed by atoms with Crippen LogP contribution in [0.2, 0.25) is 0 Å². The molecule has 188 valence electrons. The molecular formula is C30H22BrN3O4. The second kappa shape index (κ2) is 9.79. The van der Waals surface area contributed by atoms with Crippen molar-refractivity contribution in [1.82, 2.24) is 9.99 Å². The number of ether oxygens (including phenoxy) is 1. The van der Waals surface area contributed by atoms with Crippen molar-refractivity contribution < 1.29 is 13.9 Å². The minimum Gasteiger partial charge on any atom is -0.497 e. The zero-order valence-electron chi connectivity index (χ0n) is 20.4. The van der Waals surface area contributed by atoms with E-state index in [1.54, 1.807) is 43.7 Å². The zero-order valence-corrected chi connectivity index (χ0v) is 21.9. The molecule has 0 radical (unpaired) electrons. The van der Waals surface area contributed by atoms with E-state index < -0.39 is 6.04 Å². The van der Waals surface area contributed by atoms with Gasteiger partial charge >= 0.3 is 0 Å². The Morgan fingerprint density at radius 1 is 1.03 bits per heavy atom. The highest BCUT2D eigenvalue weighted by Gasteiger charge is 2.37. The van der Waals surface area contributed by atoms with Crippen LogP contribution in [0, 0.1) is 0 Å². The first-order chi connectivity index (χ1) is 18.5. The molecule has 3 aromatic carbocycles. The van der Waals surface area contributed by atoms with Crippen molar-refractivity contribution in [2.24, 2.45) is 5.10 Å². The minimum absolute atomic E-state index is 0.269. The molecule has 2 aromatic heterocycles. The maximum absolute atomic E-state index is 13.7. The quantitative estimate of drug-likeness (QED) is 0.261. The Hall–Kier alpha value is -4.43. The fourth-order valence-corrected chi connectivity index (χ4v) is 5.22. The van der Waals surface area contributed by atoms with E-state index in [1.165, 1.54) is 5.01 Å². The predicted molar refractivity (Wildman–Crippen MR) is 149 cm³/mol. The number of hydrogen-bond acceptors (Lipinski definition) is 5. The van der Waals surface area contributed by atoms with Crippen molar-refractivity contribution in [1.29, 1.82) is 0 Å². The highest BCUT2D eigenvalue weighted by Crippen LogP contribution is 2.38. The molecule has 7 nitrogen and oxygen atoms in total. The second-order valence-corrected chi connectivity index (χ2v) is 9.84. The Labute approximate surface area is 226 Å². The smallest absolute Gasteiger partial charge is 0.274 e. The summed E-state index contributed by atoms with van der Waals surface area (Å²) in [6.07, 6.45) is 1.89. The van der Waals surface area contributed by atoms with Crippen molar-refractivity contribution in [3.63, 3.8) is 0 Å². The van der Waals surface area contributed by atoms with Crippen LogP contribution in [0.25, 0.3) is 22.0 Å². The number of aromatic amines is 1. The normalized spacial score (nSPS) is 15.1. The Bertz CT molecular complexity index is 1730. The largest absolute Gasteiger partial charge is 0.497 e. The van der Waals surface area contributed by atoms with Crippen LogP contribution in [0.4, 0.5) is 0 Å².